The van der Waals surface area contributed by atoms with Gasteiger partial charge in [0.15, 0.2) is 0 Å². The number of hydrogen-bond donors (Lipinski definition) is 3. The number of aliphatic hydroxyl groups excluding tert-OH is 1. The van der Waals surface area contributed by atoms with Gasteiger partial charge in [-0.1, -0.05) is 60.7 Å². The van der Waals surface area contributed by atoms with Crippen LogP contribution in [0.3, 0.4) is 0 Å². The van der Waals surface area contributed by atoms with E-state index in [0.29, 0.717) is 23.5 Å². The van der Waals surface area contributed by atoms with E-state index in [2.05, 4.69) is 10.6 Å². The predicted octanol–water partition coefficient (Wildman–Crippen LogP) is 3.63. The van der Waals surface area contributed by atoms with Crippen molar-refractivity contribution >= 4 is 23.3 Å². The summed E-state index contributed by atoms with van der Waals surface area (Å²) in [5.41, 5.74) is 1.99. The Bertz CT molecular complexity index is 945. The average Bonchev–Trinajstić information content (AvgIpc) is 2.77. The first kappa shape index (κ1) is 20.1. The van der Waals surface area contributed by atoms with E-state index in [1.54, 1.807) is 60.7 Å². The van der Waals surface area contributed by atoms with Gasteiger partial charge in [0.2, 0.25) is 6.10 Å². The molecule has 6 heteroatoms. The molecule has 0 bridgehead atoms. The summed E-state index contributed by atoms with van der Waals surface area (Å²) in [5, 5.41) is 14.8. The highest BCUT2D eigenvalue weighted by molar-refractivity contribution is 6.00. The molecule has 0 saturated carbocycles. The van der Waals surface area contributed by atoms with E-state index in [4.69, 9.17) is 9.84 Å². The van der Waals surface area contributed by atoms with Crippen molar-refractivity contribution in [2.24, 2.45) is 0 Å². The largest absolute Gasteiger partial charge is 0.444 e. The Morgan fingerprint density at radius 1 is 0.862 bits per heavy atom. The fourth-order valence-electron chi connectivity index (χ4n) is 2.81. The van der Waals surface area contributed by atoms with Crippen LogP contribution >= 0.6 is 0 Å². The number of hydrogen-bond acceptors (Lipinski definition) is 5. The Morgan fingerprint density at radius 3 is 2.17 bits per heavy atom. The van der Waals surface area contributed by atoms with Crippen LogP contribution in [0.5, 0.6) is 0 Å². The molecule has 1 amide bonds. The lowest BCUT2D eigenvalue weighted by Gasteiger charge is -2.19. The molecule has 0 aromatic heterocycles. The van der Waals surface area contributed by atoms with Crippen LogP contribution in [0.4, 0.5) is 11.4 Å². The van der Waals surface area contributed by atoms with Crippen LogP contribution in [0.25, 0.3) is 0 Å². The number of anilines is 2. The molecule has 0 heterocycles. The maximum Gasteiger partial charge on any atom is 0.341 e. The van der Waals surface area contributed by atoms with Crippen LogP contribution in [0.1, 0.15) is 22.0 Å². The molecule has 148 valence electrons. The van der Waals surface area contributed by atoms with Gasteiger partial charge in [0.1, 0.15) is 0 Å². The second-order valence-corrected chi connectivity index (χ2v) is 6.25. The quantitative estimate of drug-likeness (QED) is 0.511. The summed E-state index contributed by atoms with van der Waals surface area (Å²) in [6.07, 6.45) is -1.12. The van der Waals surface area contributed by atoms with E-state index in [1.165, 1.54) is 0 Å². The number of rotatable bonds is 8. The van der Waals surface area contributed by atoms with Crippen LogP contribution in [-0.2, 0) is 9.53 Å². The van der Waals surface area contributed by atoms with Crippen molar-refractivity contribution < 1.29 is 19.4 Å². The minimum absolute atomic E-state index is 0.0739. The second kappa shape index (κ2) is 10.1. The smallest absolute Gasteiger partial charge is 0.341 e. The van der Waals surface area contributed by atoms with Gasteiger partial charge in [0.25, 0.3) is 5.91 Å². The van der Waals surface area contributed by atoms with E-state index in [0.717, 1.165) is 0 Å². The molecule has 0 spiro atoms. The lowest BCUT2D eigenvalue weighted by atomic mass is 10.1. The first-order chi connectivity index (χ1) is 14.2. The number of benzene rings is 3. The summed E-state index contributed by atoms with van der Waals surface area (Å²) in [7, 11) is 0. The fourth-order valence-corrected chi connectivity index (χ4v) is 2.81. The molecule has 0 radical (unpaired) electrons. The molecule has 3 N–H and O–H groups in total. The van der Waals surface area contributed by atoms with Crippen LogP contribution in [0.15, 0.2) is 84.9 Å². The molecule has 3 aromatic rings. The summed E-state index contributed by atoms with van der Waals surface area (Å²) >= 11 is 0. The number of amides is 1. The Labute approximate surface area is 169 Å². The van der Waals surface area contributed by atoms with Crippen LogP contribution < -0.4 is 10.6 Å². The Morgan fingerprint density at radius 2 is 1.48 bits per heavy atom. The van der Waals surface area contributed by atoms with Crippen LogP contribution in [0.2, 0.25) is 0 Å². The van der Waals surface area contributed by atoms with Gasteiger partial charge in [-0.15, -0.1) is 0 Å². The molecule has 0 fully saturated rings. The van der Waals surface area contributed by atoms with Crippen molar-refractivity contribution in [2.45, 2.75) is 6.10 Å². The molecule has 1 atom stereocenters. The summed E-state index contributed by atoms with van der Waals surface area (Å²) < 4.78 is 5.62. The predicted molar refractivity (Wildman–Crippen MR) is 112 cm³/mol. The average molecular weight is 390 g/mol. The summed E-state index contributed by atoms with van der Waals surface area (Å²) in [6.45, 7) is 0.219. The van der Waals surface area contributed by atoms with Crippen molar-refractivity contribution in [3.8, 4) is 0 Å². The van der Waals surface area contributed by atoms with Gasteiger partial charge in [0.05, 0.1) is 12.2 Å². The standard InChI is InChI=1S/C23H22N2O4/c26-16-15-24-20-14-8-7-13-19(20)23(28)29-21(17-9-3-1-4-10-17)22(27)25-18-11-5-2-6-12-18/h1-14,21,24,26H,15-16H2,(H,25,27)/t21-/m0/s1. The van der Waals surface area contributed by atoms with Gasteiger partial charge < -0.3 is 20.5 Å². The number of aliphatic hydroxyl groups is 1. The fraction of sp³-hybridized carbons (Fsp3) is 0.130. The van der Waals surface area contributed by atoms with Gasteiger partial charge in [-0.25, -0.2) is 4.79 Å². The van der Waals surface area contributed by atoms with Crippen molar-refractivity contribution in [1.29, 1.82) is 0 Å². The molecular formula is C23H22N2O4. The SMILES string of the molecule is O=C(O[C@H](C(=O)Nc1ccccc1)c1ccccc1)c1ccccc1NCCO. The van der Waals surface area contributed by atoms with E-state index in [9.17, 15) is 9.59 Å². The zero-order chi connectivity index (χ0) is 20.5. The van der Waals surface area contributed by atoms with Crippen LogP contribution in [-0.4, -0.2) is 30.1 Å². The molecule has 29 heavy (non-hydrogen) atoms. The molecule has 0 saturated heterocycles. The van der Waals surface area contributed by atoms with Gasteiger partial charge in [-0.3, -0.25) is 4.79 Å². The number of esters is 1. The summed E-state index contributed by atoms with van der Waals surface area (Å²) in [6, 6.07) is 24.6. The first-order valence-corrected chi connectivity index (χ1v) is 9.24. The number of carbonyl (C=O) groups excluding carboxylic acids is 2. The highest BCUT2D eigenvalue weighted by Gasteiger charge is 2.26. The molecule has 3 aromatic carbocycles. The summed E-state index contributed by atoms with van der Waals surface area (Å²) in [5.74, 6) is -1.08. The first-order valence-electron chi connectivity index (χ1n) is 9.24. The second-order valence-electron chi connectivity index (χ2n) is 6.25. The Hall–Kier alpha value is -3.64. The van der Waals surface area contributed by atoms with Crippen molar-refractivity contribution in [1.82, 2.24) is 0 Å². The third kappa shape index (κ3) is 5.43. The van der Waals surface area contributed by atoms with Crippen molar-refractivity contribution in [2.75, 3.05) is 23.8 Å². The maximum atomic E-state index is 12.9. The lowest BCUT2D eigenvalue weighted by Crippen LogP contribution is -2.26. The van der Waals surface area contributed by atoms with E-state index in [1.807, 2.05) is 24.3 Å². The van der Waals surface area contributed by atoms with Gasteiger partial charge >= 0.3 is 5.97 Å². The number of nitrogens with one attached hydrogen (secondary N) is 2. The van der Waals surface area contributed by atoms with Crippen molar-refractivity contribution in [3.63, 3.8) is 0 Å². The van der Waals surface area contributed by atoms with E-state index in [-0.39, 0.29) is 12.2 Å². The molecule has 3 rings (SSSR count). The molecule has 6 nitrogen and oxygen atoms in total. The zero-order valence-corrected chi connectivity index (χ0v) is 15.7. The van der Waals surface area contributed by atoms with E-state index < -0.39 is 18.0 Å². The lowest BCUT2D eigenvalue weighted by molar-refractivity contribution is -0.125. The Kier molecular flexibility index (Phi) is 6.97. The number of ether oxygens (including phenoxy) is 1. The topological polar surface area (TPSA) is 87.7 Å². The van der Waals surface area contributed by atoms with Crippen LogP contribution in [0, 0.1) is 0 Å². The number of carbonyl (C=O) groups is 2. The van der Waals surface area contributed by atoms with Gasteiger partial charge in [-0.2, -0.15) is 0 Å². The molecule has 0 aliphatic heterocycles. The van der Waals surface area contributed by atoms with E-state index >= 15 is 0 Å². The minimum atomic E-state index is -1.12. The highest BCUT2D eigenvalue weighted by atomic mass is 16.5. The maximum absolute atomic E-state index is 12.9. The zero-order valence-electron chi connectivity index (χ0n) is 15.7. The molecular weight excluding hydrogens is 368 g/mol. The Balaban J connectivity index is 1.84. The molecule has 0 unspecified atom stereocenters. The molecule has 0 aliphatic carbocycles. The van der Waals surface area contributed by atoms with Gasteiger partial charge in [0, 0.05) is 23.5 Å². The van der Waals surface area contributed by atoms with Crippen molar-refractivity contribution in [3.05, 3.63) is 96.1 Å². The monoisotopic (exact) mass is 390 g/mol. The van der Waals surface area contributed by atoms with Gasteiger partial charge in [-0.05, 0) is 24.3 Å². The summed E-state index contributed by atoms with van der Waals surface area (Å²) in [4.78, 5) is 25.8. The third-order valence-corrected chi connectivity index (χ3v) is 4.18. The number of para-hydroxylation sites is 2. The minimum Gasteiger partial charge on any atom is -0.444 e. The molecule has 0 aliphatic rings. The third-order valence-electron chi connectivity index (χ3n) is 4.18. The normalized spacial score (nSPS) is 11.3. The highest BCUT2D eigenvalue weighted by Crippen LogP contribution is 2.24.